The normalized spacial score (nSPS) is 21.2. The standard InChI is InChI=1S/C21H26F2N4O2.C15H15ClF2N4O.C6H12O.CH4/c1-3-14-8-15(14)13-29-20-19(26-6-4-25(2)5-7-26)12-24-27(21(20)28)18-10-16(22)9-17(23)11-18;1-20-2-4-21(5-3-20)13-9-19-22(15(23)14(13)16)12-7-10(17)6-11(18)8-12;1-2-5-3-6(5)4-7;/h9-12,14-15H,3-8,13H2,1-2H3;6-9H,2-5H2,1H3;5-7H,2-4H2,1H3;1H4/t14-,15+;;5-,6+;/m0.1./s1. The highest BCUT2D eigenvalue weighted by molar-refractivity contribution is 6.33. The van der Waals surface area contributed by atoms with Crippen molar-refractivity contribution in [3.05, 3.63) is 97.8 Å². The number of halogens is 5. The number of rotatable bonds is 10. The third kappa shape index (κ3) is 11.6. The summed E-state index contributed by atoms with van der Waals surface area (Å²) in [6, 6.07) is 5.74. The Balaban J connectivity index is 0.000000196. The summed E-state index contributed by atoms with van der Waals surface area (Å²) in [5.41, 5.74) is 0.121. The SMILES string of the molecule is C.CC[C@@H]1C[C@H]1CO.CC[C@H]1C[C@@H]1COc1c(N2CCN(C)CC2)cnn(-c2cc(F)cc(F)c2)c1=O.CN1CCN(c2cnn(-c3cc(F)cc(F)c3)c(=O)c2Cl)CC1. The van der Waals surface area contributed by atoms with Crippen molar-refractivity contribution in [1.82, 2.24) is 29.4 Å². The molecular weight excluding hydrogens is 804 g/mol. The maximum Gasteiger partial charge on any atom is 0.316 e. The molecule has 2 aromatic carbocycles. The molecule has 0 radical (unpaired) electrons. The van der Waals surface area contributed by atoms with Gasteiger partial charge in [-0.15, -0.1) is 0 Å². The average Bonchev–Trinajstić information content (AvgIpc) is 4.15. The maximum absolute atomic E-state index is 13.7. The Morgan fingerprint density at radius 2 is 1.07 bits per heavy atom. The van der Waals surface area contributed by atoms with Gasteiger partial charge in [0, 0.05) is 71.1 Å². The molecule has 0 amide bonds. The van der Waals surface area contributed by atoms with Crippen LogP contribution < -0.4 is 25.7 Å². The molecule has 60 heavy (non-hydrogen) atoms. The Labute approximate surface area is 353 Å². The number of nitrogens with zero attached hydrogens (tertiary/aromatic N) is 8. The van der Waals surface area contributed by atoms with Gasteiger partial charge in [-0.25, -0.2) is 17.6 Å². The van der Waals surface area contributed by atoms with E-state index in [-0.39, 0.29) is 29.6 Å². The van der Waals surface area contributed by atoms with E-state index in [0.717, 1.165) is 117 Å². The van der Waals surface area contributed by atoms with E-state index in [1.807, 2.05) is 11.9 Å². The van der Waals surface area contributed by atoms with Crippen molar-refractivity contribution < 1.29 is 27.4 Å². The van der Waals surface area contributed by atoms with E-state index >= 15 is 0 Å². The Kier molecular flexibility index (Phi) is 16.2. The van der Waals surface area contributed by atoms with Crippen molar-refractivity contribution in [3.8, 4) is 17.1 Å². The van der Waals surface area contributed by atoms with Crippen LogP contribution in [-0.2, 0) is 0 Å². The van der Waals surface area contributed by atoms with Crippen LogP contribution in [-0.4, -0.2) is 114 Å². The zero-order valence-corrected chi connectivity index (χ0v) is 34.7. The number of aliphatic hydroxyl groups excluding tert-OH is 1. The summed E-state index contributed by atoms with van der Waals surface area (Å²) < 4.78 is 61.9. The molecule has 0 spiro atoms. The van der Waals surface area contributed by atoms with E-state index in [9.17, 15) is 27.2 Å². The number of anilines is 2. The van der Waals surface area contributed by atoms with E-state index in [1.165, 1.54) is 19.0 Å². The van der Waals surface area contributed by atoms with Crippen LogP contribution >= 0.6 is 11.6 Å². The predicted octanol–water partition coefficient (Wildman–Crippen LogP) is 6.26. The minimum Gasteiger partial charge on any atom is -0.486 e. The van der Waals surface area contributed by atoms with E-state index in [2.05, 4.69) is 45.8 Å². The molecule has 4 heterocycles. The third-order valence-corrected chi connectivity index (χ3v) is 11.9. The molecule has 2 aromatic heterocycles. The fraction of sp³-hybridized carbons (Fsp3) is 0.535. The summed E-state index contributed by atoms with van der Waals surface area (Å²) in [7, 11) is 4.08. The van der Waals surface area contributed by atoms with Crippen molar-refractivity contribution in [2.24, 2.45) is 23.7 Å². The van der Waals surface area contributed by atoms with Gasteiger partial charge >= 0.3 is 5.56 Å². The maximum atomic E-state index is 13.7. The van der Waals surface area contributed by atoms with Crippen LogP contribution in [0.2, 0.25) is 5.02 Å². The number of ether oxygens (including phenoxy) is 1. The lowest BCUT2D eigenvalue weighted by Gasteiger charge is -2.34. The molecule has 328 valence electrons. The van der Waals surface area contributed by atoms with Crippen LogP contribution in [0, 0.1) is 46.9 Å². The fourth-order valence-corrected chi connectivity index (χ4v) is 7.71. The first-order valence-electron chi connectivity index (χ1n) is 20.2. The van der Waals surface area contributed by atoms with Crippen LogP contribution in [0.5, 0.6) is 5.75 Å². The highest BCUT2D eigenvalue weighted by atomic mass is 35.5. The second-order valence-corrected chi connectivity index (χ2v) is 16.2. The van der Waals surface area contributed by atoms with Crippen molar-refractivity contribution >= 4 is 23.0 Å². The van der Waals surface area contributed by atoms with Crippen LogP contribution in [0.25, 0.3) is 11.4 Å². The summed E-state index contributed by atoms with van der Waals surface area (Å²) in [5, 5.41) is 16.7. The number of hydrogen-bond donors (Lipinski definition) is 1. The summed E-state index contributed by atoms with van der Waals surface area (Å²) in [4.78, 5) is 34.1. The summed E-state index contributed by atoms with van der Waals surface area (Å²) in [5.74, 6) is -0.255. The molecule has 0 bridgehead atoms. The summed E-state index contributed by atoms with van der Waals surface area (Å²) in [6.45, 7) is 11.7. The van der Waals surface area contributed by atoms with E-state index in [0.29, 0.717) is 42.3 Å². The molecule has 2 aliphatic carbocycles. The number of hydrogen-bond acceptors (Lipinski definition) is 10. The van der Waals surface area contributed by atoms with Gasteiger partial charge in [0.25, 0.3) is 5.56 Å². The van der Waals surface area contributed by atoms with Crippen LogP contribution in [0.1, 0.15) is 47.0 Å². The molecule has 1 N–H and O–H groups in total. The quantitative estimate of drug-likeness (QED) is 0.184. The smallest absolute Gasteiger partial charge is 0.316 e. The molecule has 2 saturated heterocycles. The average molecular weight is 861 g/mol. The van der Waals surface area contributed by atoms with Gasteiger partial charge in [0.15, 0.2) is 0 Å². The first-order chi connectivity index (χ1) is 28.3. The second kappa shape index (κ2) is 20.8. The number of aliphatic hydroxyl groups is 1. The lowest BCUT2D eigenvalue weighted by atomic mass is 10.2. The first-order valence-corrected chi connectivity index (χ1v) is 20.6. The minimum atomic E-state index is -0.784. The third-order valence-electron chi connectivity index (χ3n) is 11.6. The molecule has 8 rings (SSSR count). The molecule has 4 aliphatic rings. The monoisotopic (exact) mass is 860 g/mol. The number of piperazine rings is 2. The van der Waals surface area contributed by atoms with Crippen LogP contribution in [0.3, 0.4) is 0 Å². The highest BCUT2D eigenvalue weighted by Crippen LogP contribution is 2.42. The number of aromatic nitrogens is 4. The van der Waals surface area contributed by atoms with Crippen LogP contribution in [0.4, 0.5) is 28.9 Å². The Morgan fingerprint density at radius 1 is 0.650 bits per heavy atom. The van der Waals surface area contributed by atoms with Gasteiger partial charge < -0.3 is 29.4 Å². The van der Waals surface area contributed by atoms with Crippen molar-refractivity contribution in [1.29, 1.82) is 0 Å². The molecule has 4 atom stereocenters. The molecule has 12 nitrogen and oxygen atoms in total. The van der Waals surface area contributed by atoms with Gasteiger partial charge in [0.1, 0.15) is 34.0 Å². The Morgan fingerprint density at radius 3 is 1.48 bits per heavy atom. The second-order valence-electron chi connectivity index (χ2n) is 15.8. The Bertz CT molecular complexity index is 2130. The van der Waals surface area contributed by atoms with E-state index < -0.39 is 34.4 Å². The molecule has 4 aromatic rings. The van der Waals surface area contributed by atoms with Gasteiger partial charge in [-0.2, -0.15) is 19.6 Å². The predicted molar refractivity (Wildman–Crippen MR) is 227 cm³/mol. The molecule has 17 heteroatoms. The first kappa shape index (κ1) is 46.6. The van der Waals surface area contributed by atoms with Crippen molar-refractivity contribution in [2.75, 3.05) is 89.5 Å². The minimum absolute atomic E-state index is 0. The molecule has 2 aliphatic heterocycles. The molecular formula is C43H57ClF4N8O4. The largest absolute Gasteiger partial charge is 0.486 e. The zero-order chi connectivity index (χ0) is 42.4. The van der Waals surface area contributed by atoms with Gasteiger partial charge in [-0.05, 0) is 74.9 Å². The van der Waals surface area contributed by atoms with E-state index in [4.69, 9.17) is 21.4 Å². The Hall–Kier alpha value is -4.51. The van der Waals surface area contributed by atoms with Gasteiger partial charge in [-0.1, -0.05) is 45.7 Å². The van der Waals surface area contributed by atoms with E-state index in [1.54, 1.807) is 6.20 Å². The number of likely N-dealkylation sites (N-methyl/N-ethyl adjacent to an activating group) is 2. The topological polar surface area (TPSA) is 112 Å². The summed E-state index contributed by atoms with van der Waals surface area (Å²) in [6.07, 6.45) is 7.75. The molecule has 0 unspecified atom stereocenters. The fourth-order valence-electron chi connectivity index (χ4n) is 7.46. The zero-order valence-electron chi connectivity index (χ0n) is 34.0. The van der Waals surface area contributed by atoms with Gasteiger partial charge in [0.2, 0.25) is 5.75 Å². The molecule has 4 fully saturated rings. The van der Waals surface area contributed by atoms with Crippen molar-refractivity contribution in [2.45, 2.75) is 47.0 Å². The van der Waals surface area contributed by atoms with Crippen LogP contribution in [0.15, 0.2) is 58.4 Å². The number of benzene rings is 2. The van der Waals surface area contributed by atoms with Gasteiger partial charge in [0.05, 0.1) is 36.1 Å². The van der Waals surface area contributed by atoms with Gasteiger partial charge in [-0.3, -0.25) is 9.59 Å². The lowest BCUT2D eigenvalue weighted by Crippen LogP contribution is -2.45. The summed E-state index contributed by atoms with van der Waals surface area (Å²) >= 11 is 6.18. The van der Waals surface area contributed by atoms with Crippen molar-refractivity contribution in [3.63, 3.8) is 0 Å². The molecule has 2 saturated carbocycles. The lowest BCUT2D eigenvalue weighted by molar-refractivity contribution is 0.268. The highest BCUT2D eigenvalue weighted by Gasteiger charge is 2.36.